The van der Waals surface area contributed by atoms with Crippen LogP contribution in [0.15, 0.2) is 63.5 Å². The fourth-order valence-corrected chi connectivity index (χ4v) is 4.88. The zero-order valence-corrected chi connectivity index (χ0v) is 20.6. The fourth-order valence-electron chi connectivity index (χ4n) is 3.42. The van der Waals surface area contributed by atoms with Gasteiger partial charge >= 0.3 is 5.97 Å². The van der Waals surface area contributed by atoms with E-state index in [0.29, 0.717) is 23.1 Å². The number of halogens is 2. The van der Waals surface area contributed by atoms with E-state index in [0.717, 1.165) is 25.6 Å². The monoisotopic (exact) mass is 544 g/mol. The average Bonchev–Trinajstić information content (AvgIpc) is 2.75. The molecule has 0 aromatic heterocycles. The predicted octanol–water partition coefficient (Wildman–Crippen LogP) is 6.65. The number of hydrogen-bond acceptors (Lipinski definition) is 4. The van der Waals surface area contributed by atoms with Crippen molar-refractivity contribution >= 4 is 43.6 Å². The molecule has 0 bridgehead atoms. The van der Waals surface area contributed by atoms with Crippen LogP contribution in [0.4, 0.5) is 0 Å². The molecule has 0 saturated carbocycles. The topological polar surface area (TPSA) is 63.6 Å². The molecular weight excluding hydrogens is 524 g/mol. The van der Waals surface area contributed by atoms with Gasteiger partial charge in [0.15, 0.2) is 5.78 Å². The Balaban J connectivity index is 2.13. The minimum absolute atomic E-state index is 0.0909. The molecule has 0 radical (unpaired) electrons. The number of aromatic hydroxyl groups is 1. The lowest BCUT2D eigenvalue weighted by molar-refractivity contribution is 0.0600. The van der Waals surface area contributed by atoms with Crippen molar-refractivity contribution in [3.63, 3.8) is 0 Å². The molecule has 0 amide bonds. The van der Waals surface area contributed by atoms with Crippen molar-refractivity contribution in [2.75, 3.05) is 7.11 Å². The number of ketones is 1. The molecule has 0 saturated heterocycles. The third-order valence-electron chi connectivity index (χ3n) is 5.08. The predicted molar refractivity (Wildman–Crippen MR) is 128 cm³/mol. The summed E-state index contributed by atoms with van der Waals surface area (Å²) in [4.78, 5) is 25.2. The second-order valence-corrected chi connectivity index (χ2v) is 9.21. The summed E-state index contributed by atoms with van der Waals surface area (Å²) in [5.74, 6) is -0.385. The molecule has 0 fully saturated rings. The van der Waals surface area contributed by atoms with Crippen LogP contribution in [-0.2, 0) is 11.2 Å². The van der Waals surface area contributed by atoms with Crippen LogP contribution in [0.2, 0.25) is 0 Å². The van der Waals surface area contributed by atoms with E-state index in [1.165, 1.54) is 7.11 Å². The number of phenols is 1. The molecule has 3 rings (SSSR count). The highest BCUT2D eigenvalue weighted by Gasteiger charge is 2.21. The van der Waals surface area contributed by atoms with Gasteiger partial charge < -0.3 is 9.84 Å². The average molecular weight is 546 g/mol. The molecule has 0 unspecified atom stereocenters. The van der Waals surface area contributed by atoms with Crippen LogP contribution in [0.5, 0.6) is 5.75 Å². The number of phenolic OH excluding ortho intramolecular Hbond substituents is 1. The number of carbonyl (C=O) groups is 2. The molecule has 0 aliphatic heterocycles. The molecule has 6 heteroatoms. The molecule has 4 nitrogen and oxygen atoms in total. The van der Waals surface area contributed by atoms with Gasteiger partial charge in [0.2, 0.25) is 0 Å². The molecule has 160 valence electrons. The van der Waals surface area contributed by atoms with Gasteiger partial charge in [-0.15, -0.1) is 0 Å². The first-order chi connectivity index (χ1) is 14.7. The van der Waals surface area contributed by atoms with E-state index in [1.54, 1.807) is 30.3 Å². The van der Waals surface area contributed by atoms with Gasteiger partial charge in [-0.2, -0.15) is 0 Å². The molecule has 3 aromatic carbocycles. The van der Waals surface area contributed by atoms with E-state index in [1.807, 2.05) is 38.1 Å². The Labute approximate surface area is 198 Å². The zero-order chi connectivity index (χ0) is 22.7. The Kier molecular flexibility index (Phi) is 7.34. The van der Waals surface area contributed by atoms with E-state index in [9.17, 15) is 14.7 Å². The number of benzene rings is 3. The van der Waals surface area contributed by atoms with Crippen molar-refractivity contribution in [2.24, 2.45) is 0 Å². The largest absolute Gasteiger partial charge is 0.508 e. The van der Waals surface area contributed by atoms with Crippen molar-refractivity contribution in [1.82, 2.24) is 0 Å². The molecule has 0 aliphatic carbocycles. The molecule has 0 aliphatic rings. The SMILES string of the molecule is COC(=O)c1cc(Br)c(Cc2cc(C(C)C)c(O)cc2C(=O)c2ccccc2)c(Br)c1. The van der Waals surface area contributed by atoms with Crippen LogP contribution in [-0.4, -0.2) is 24.0 Å². The van der Waals surface area contributed by atoms with Crippen molar-refractivity contribution in [3.8, 4) is 5.75 Å². The lowest BCUT2D eigenvalue weighted by Gasteiger charge is -2.17. The van der Waals surface area contributed by atoms with Crippen LogP contribution >= 0.6 is 31.9 Å². The molecule has 3 aromatic rings. The van der Waals surface area contributed by atoms with Crippen molar-refractivity contribution < 1.29 is 19.4 Å². The van der Waals surface area contributed by atoms with E-state index in [2.05, 4.69) is 31.9 Å². The highest BCUT2D eigenvalue weighted by atomic mass is 79.9. The first-order valence-corrected chi connectivity index (χ1v) is 11.3. The minimum atomic E-state index is -0.431. The summed E-state index contributed by atoms with van der Waals surface area (Å²) in [6, 6.07) is 15.9. The lowest BCUT2D eigenvalue weighted by Crippen LogP contribution is -2.09. The normalized spacial score (nSPS) is 10.9. The number of carbonyl (C=O) groups excluding carboxylic acids is 2. The number of esters is 1. The van der Waals surface area contributed by atoms with Crippen LogP contribution in [0.3, 0.4) is 0 Å². The number of rotatable bonds is 6. The Morgan fingerprint density at radius 3 is 2.13 bits per heavy atom. The lowest BCUT2D eigenvalue weighted by atomic mass is 9.89. The summed E-state index contributed by atoms with van der Waals surface area (Å²) in [7, 11) is 1.34. The van der Waals surface area contributed by atoms with Gasteiger partial charge in [-0.1, -0.05) is 82.1 Å². The molecule has 0 spiro atoms. The zero-order valence-electron chi connectivity index (χ0n) is 17.4. The summed E-state index contributed by atoms with van der Waals surface area (Å²) >= 11 is 7.10. The second-order valence-electron chi connectivity index (χ2n) is 7.50. The maximum absolute atomic E-state index is 13.2. The molecule has 1 N–H and O–H groups in total. The van der Waals surface area contributed by atoms with Gasteiger partial charge in [0.1, 0.15) is 5.75 Å². The Bertz CT molecular complexity index is 1110. The summed E-state index contributed by atoms with van der Waals surface area (Å²) < 4.78 is 6.25. The van der Waals surface area contributed by atoms with Gasteiger partial charge in [-0.05, 0) is 40.8 Å². The maximum atomic E-state index is 13.2. The van der Waals surface area contributed by atoms with Gasteiger partial charge in [-0.25, -0.2) is 4.79 Å². The fraction of sp³-hybridized carbons (Fsp3) is 0.200. The van der Waals surface area contributed by atoms with Crippen molar-refractivity contribution in [1.29, 1.82) is 0 Å². The third kappa shape index (κ3) is 5.08. The molecule has 0 heterocycles. The van der Waals surface area contributed by atoms with Crippen LogP contribution in [0.1, 0.15) is 62.7 Å². The Morgan fingerprint density at radius 2 is 1.58 bits per heavy atom. The minimum Gasteiger partial charge on any atom is -0.508 e. The second kappa shape index (κ2) is 9.79. The number of ether oxygens (including phenoxy) is 1. The van der Waals surface area contributed by atoms with Crippen molar-refractivity contribution in [2.45, 2.75) is 26.2 Å². The first kappa shape index (κ1) is 23.2. The highest BCUT2D eigenvalue weighted by molar-refractivity contribution is 9.11. The smallest absolute Gasteiger partial charge is 0.337 e. The van der Waals surface area contributed by atoms with Crippen molar-refractivity contribution in [3.05, 3.63) is 96.9 Å². The van der Waals surface area contributed by atoms with E-state index in [-0.39, 0.29) is 17.5 Å². The molecule has 0 atom stereocenters. The summed E-state index contributed by atoms with van der Waals surface area (Å²) in [6.45, 7) is 3.99. The quantitative estimate of drug-likeness (QED) is 0.278. The van der Waals surface area contributed by atoms with E-state index < -0.39 is 5.97 Å². The van der Waals surface area contributed by atoms with Crippen LogP contribution < -0.4 is 0 Å². The van der Waals surface area contributed by atoms with E-state index >= 15 is 0 Å². The van der Waals surface area contributed by atoms with Gasteiger partial charge in [-0.3, -0.25) is 4.79 Å². The summed E-state index contributed by atoms with van der Waals surface area (Å²) in [5.41, 5.74) is 3.87. The van der Waals surface area contributed by atoms with Gasteiger partial charge in [0.05, 0.1) is 12.7 Å². The maximum Gasteiger partial charge on any atom is 0.337 e. The summed E-state index contributed by atoms with van der Waals surface area (Å²) in [5, 5.41) is 10.6. The number of methoxy groups -OCH3 is 1. The van der Waals surface area contributed by atoms with Crippen LogP contribution in [0.25, 0.3) is 0 Å². The third-order valence-corrected chi connectivity index (χ3v) is 6.50. The molecular formula is C25H22Br2O4. The first-order valence-electron chi connectivity index (χ1n) is 9.74. The number of hydrogen-bond donors (Lipinski definition) is 1. The Morgan fingerprint density at radius 1 is 0.968 bits per heavy atom. The van der Waals surface area contributed by atoms with Gasteiger partial charge in [0.25, 0.3) is 0 Å². The Hall–Kier alpha value is -2.44. The van der Waals surface area contributed by atoms with Crippen LogP contribution in [0, 0.1) is 0 Å². The van der Waals surface area contributed by atoms with Gasteiger partial charge in [0, 0.05) is 26.5 Å². The van der Waals surface area contributed by atoms with E-state index in [4.69, 9.17) is 4.74 Å². The molecule has 31 heavy (non-hydrogen) atoms. The highest BCUT2D eigenvalue weighted by Crippen LogP contribution is 2.35. The standard InChI is InChI=1S/C25H22Br2O4/c1-14(2)18-9-16(10-20-21(26)11-17(12-22(20)27)25(30)31-3)19(13-23(18)28)24(29)15-7-5-4-6-8-15/h4-9,11-14,28H,10H2,1-3H3. The summed E-state index contributed by atoms with van der Waals surface area (Å²) in [6.07, 6.45) is 0.427.